The molecule has 0 aliphatic rings. The van der Waals surface area contributed by atoms with Gasteiger partial charge in [-0.2, -0.15) is 0 Å². The van der Waals surface area contributed by atoms with Crippen molar-refractivity contribution in [2.24, 2.45) is 5.92 Å². The Labute approximate surface area is 183 Å². The van der Waals surface area contributed by atoms with Crippen LogP contribution < -0.4 is 4.74 Å². The summed E-state index contributed by atoms with van der Waals surface area (Å²) in [6.45, 7) is 4.59. The predicted octanol–water partition coefficient (Wildman–Crippen LogP) is 4.46. The van der Waals surface area contributed by atoms with Gasteiger partial charge >= 0.3 is 0 Å². The summed E-state index contributed by atoms with van der Waals surface area (Å²) in [5.41, 5.74) is 2.02. The highest BCUT2D eigenvalue weighted by molar-refractivity contribution is 6.18. The highest BCUT2D eigenvalue weighted by atomic mass is 35.5. The van der Waals surface area contributed by atoms with Crippen molar-refractivity contribution in [3.8, 4) is 5.75 Å². The van der Waals surface area contributed by atoms with Crippen LogP contribution in [0, 0.1) is 5.92 Å². The number of nitrogens with zero attached hydrogens (tertiary/aromatic N) is 1. The molecule has 0 radical (unpaired) electrons. The second-order valence-corrected chi connectivity index (χ2v) is 7.68. The van der Waals surface area contributed by atoms with Crippen molar-refractivity contribution in [2.45, 2.75) is 39.5 Å². The van der Waals surface area contributed by atoms with E-state index in [9.17, 15) is 9.59 Å². The summed E-state index contributed by atoms with van der Waals surface area (Å²) in [7, 11) is 1.61. The minimum absolute atomic E-state index is 0.169. The van der Waals surface area contributed by atoms with Crippen molar-refractivity contribution in [3.05, 3.63) is 65.7 Å². The highest BCUT2D eigenvalue weighted by Crippen LogP contribution is 2.19. The third-order valence-electron chi connectivity index (χ3n) is 4.98. The monoisotopic (exact) mass is 431 g/mol. The van der Waals surface area contributed by atoms with E-state index < -0.39 is 5.92 Å². The minimum atomic E-state index is -0.739. The Morgan fingerprint density at radius 3 is 2.27 bits per heavy atom. The summed E-state index contributed by atoms with van der Waals surface area (Å²) in [6, 6.07) is 17.2. The molecule has 2 aromatic carbocycles. The van der Waals surface area contributed by atoms with Crippen LogP contribution in [0.1, 0.15) is 31.4 Å². The zero-order valence-corrected chi connectivity index (χ0v) is 18.6. The predicted molar refractivity (Wildman–Crippen MR) is 119 cm³/mol. The van der Waals surface area contributed by atoms with Gasteiger partial charge in [0.15, 0.2) is 0 Å². The molecular formula is C24H30ClNO4. The van der Waals surface area contributed by atoms with Crippen molar-refractivity contribution >= 4 is 23.3 Å². The molecule has 0 aromatic heterocycles. The first-order chi connectivity index (χ1) is 14.5. The molecule has 1 unspecified atom stereocenters. The second-order valence-electron chi connectivity index (χ2n) is 7.30. The van der Waals surface area contributed by atoms with Crippen LogP contribution in [0.25, 0.3) is 0 Å². The summed E-state index contributed by atoms with van der Waals surface area (Å²) in [4.78, 5) is 27.0. The maximum atomic E-state index is 13.2. The van der Waals surface area contributed by atoms with Crippen molar-refractivity contribution in [2.75, 3.05) is 19.6 Å². The van der Waals surface area contributed by atoms with Crippen molar-refractivity contribution in [1.82, 2.24) is 4.90 Å². The molecule has 2 atom stereocenters. The van der Waals surface area contributed by atoms with Gasteiger partial charge in [-0.3, -0.25) is 9.59 Å². The number of carbonyl (C=O) groups excluding carboxylic acids is 2. The topological polar surface area (TPSA) is 55.8 Å². The molecule has 0 heterocycles. The molecule has 2 rings (SSSR count). The van der Waals surface area contributed by atoms with Crippen LogP contribution in [0.15, 0.2) is 54.6 Å². The van der Waals surface area contributed by atoms with Crippen LogP contribution in [-0.4, -0.2) is 42.2 Å². The summed E-state index contributed by atoms with van der Waals surface area (Å²) in [5, 5.41) is 0. The average Bonchev–Trinajstić information content (AvgIpc) is 2.76. The SMILES string of the molecule is COc1ccc(CN(C(=O)C(CCCl)C(C)=O)[C@H](C)COCc2ccccc2)cc1. The van der Waals surface area contributed by atoms with Gasteiger partial charge in [-0.15, -0.1) is 11.6 Å². The number of methoxy groups -OCH3 is 1. The Hall–Kier alpha value is -2.37. The van der Waals surface area contributed by atoms with Gasteiger partial charge in [0, 0.05) is 12.4 Å². The van der Waals surface area contributed by atoms with Crippen LogP contribution in [0.2, 0.25) is 0 Å². The highest BCUT2D eigenvalue weighted by Gasteiger charge is 2.30. The molecule has 6 heteroatoms. The maximum Gasteiger partial charge on any atom is 0.233 e. The van der Waals surface area contributed by atoms with E-state index in [0.29, 0.717) is 26.2 Å². The number of carbonyl (C=O) groups is 2. The van der Waals surface area contributed by atoms with Gasteiger partial charge in [0.2, 0.25) is 5.91 Å². The summed E-state index contributed by atoms with van der Waals surface area (Å²) >= 11 is 5.85. The number of ketones is 1. The van der Waals surface area contributed by atoms with Crippen LogP contribution >= 0.6 is 11.6 Å². The van der Waals surface area contributed by atoms with E-state index in [0.717, 1.165) is 16.9 Å². The van der Waals surface area contributed by atoms with Gasteiger partial charge in [0.1, 0.15) is 11.5 Å². The lowest BCUT2D eigenvalue weighted by molar-refractivity contribution is -0.144. The zero-order valence-electron chi connectivity index (χ0n) is 17.8. The smallest absolute Gasteiger partial charge is 0.233 e. The lowest BCUT2D eigenvalue weighted by atomic mass is 9.99. The minimum Gasteiger partial charge on any atom is -0.497 e. The van der Waals surface area contributed by atoms with Gasteiger partial charge in [-0.05, 0) is 43.5 Å². The fraction of sp³-hybridized carbons (Fsp3) is 0.417. The van der Waals surface area contributed by atoms with Crippen LogP contribution in [0.4, 0.5) is 0 Å². The molecule has 30 heavy (non-hydrogen) atoms. The molecule has 0 fully saturated rings. The first-order valence-electron chi connectivity index (χ1n) is 10.1. The normalized spacial score (nSPS) is 12.8. The maximum absolute atomic E-state index is 13.2. The van der Waals surface area contributed by atoms with Crippen molar-refractivity contribution in [1.29, 1.82) is 0 Å². The standard InChI is InChI=1S/C24H30ClNO4/c1-18(16-30-17-21-7-5-4-6-8-21)26(24(28)23(13-14-25)19(2)27)15-20-9-11-22(29-3)12-10-20/h4-12,18,23H,13-17H2,1-3H3/t18-,23?/m1/s1. The number of ether oxygens (including phenoxy) is 2. The van der Waals surface area contributed by atoms with E-state index in [1.165, 1.54) is 6.92 Å². The summed E-state index contributed by atoms with van der Waals surface area (Å²) < 4.78 is 11.1. The van der Waals surface area contributed by atoms with Gasteiger partial charge in [-0.1, -0.05) is 42.5 Å². The molecule has 0 bridgehead atoms. The molecule has 0 spiro atoms. The number of hydrogen-bond acceptors (Lipinski definition) is 4. The Balaban J connectivity index is 2.13. The number of Topliss-reactive ketones (excluding diaryl/α,β-unsaturated/α-hetero) is 1. The van der Waals surface area contributed by atoms with Gasteiger partial charge < -0.3 is 14.4 Å². The van der Waals surface area contributed by atoms with Crippen LogP contribution in [0.5, 0.6) is 5.75 Å². The van der Waals surface area contributed by atoms with E-state index in [1.54, 1.807) is 12.0 Å². The lowest BCUT2D eigenvalue weighted by Gasteiger charge is -2.32. The van der Waals surface area contributed by atoms with E-state index in [1.807, 2.05) is 61.5 Å². The lowest BCUT2D eigenvalue weighted by Crippen LogP contribution is -2.45. The van der Waals surface area contributed by atoms with Gasteiger partial charge in [-0.25, -0.2) is 0 Å². The zero-order chi connectivity index (χ0) is 21.9. The Kier molecular flexibility index (Phi) is 9.84. The molecule has 0 N–H and O–H groups in total. The van der Waals surface area contributed by atoms with Gasteiger partial charge in [0.25, 0.3) is 0 Å². The molecular weight excluding hydrogens is 402 g/mol. The van der Waals surface area contributed by atoms with Crippen LogP contribution in [0.3, 0.4) is 0 Å². The Morgan fingerprint density at radius 2 is 1.70 bits per heavy atom. The molecule has 5 nitrogen and oxygen atoms in total. The van der Waals surface area contributed by atoms with E-state index in [-0.39, 0.29) is 23.6 Å². The molecule has 0 saturated heterocycles. The molecule has 0 aliphatic carbocycles. The number of hydrogen-bond donors (Lipinski definition) is 0. The van der Waals surface area contributed by atoms with E-state index in [2.05, 4.69) is 0 Å². The van der Waals surface area contributed by atoms with E-state index in [4.69, 9.17) is 21.1 Å². The number of rotatable bonds is 12. The number of halogens is 1. The molecule has 1 amide bonds. The van der Waals surface area contributed by atoms with E-state index >= 15 is 0 Å². The average molecular weight is 432 g/mol. The first-order valence-corrected chi connectivity index (χ1v) is 10.6. The molecule has 2 aromatic rings. The van der Waals surface area contributed by atoms with Crippen LogP contribution in [-0.2, 0) is 27.5 Å². The molecule has 0 aliphatic heterocycles. The largest absolute Gasteiger partial charge is 0.497 e. The van der Waals surface area contributed by atoms with Crippen molar-refractivity contribution in [3.63, 3.8) is 0 Å². The molecule has 162 valence electrons. The van der Waals surface area contributed by atoms with Crippen molar-refractivity contribution < 1.29 is 19.1 Å². The van der Waals surface area contributed by atoms with Gasteiger partial charge in [0.05, 0.1) is 32.3 Å². The quantitative estimate of drug-likeness (QED) is 0.367. The summed E-state index contributed by atoms with van der Waals surface area (Å²) in [5.74, 6) is -0.116. The summed E-state index contributed by atoms with van der Waals surface area (Å²) in [6.07, 6.45) is 0.326. The first kappa shape index (κ1) is 23.9. The third-order valence-corrected chi connectivity index (χ3v) is 5.20. The fourth-order valence-electron chi connectivity index (χ4n) is 3.20. The fourth-order valence-corrected chi connectivity index (χ4v) is 3.42. The third kappa shape index (κ3) is 7.15. The Morgan fingerprint density at radius 1 is 1.03 bits per heavy atom. The molecule has 0 saturated carbocycles. The number of alkyl halides is 1. The second kappa shape index (κ2) is 12.4. The Bertz CT molecular complexity index is 795. The number of amides is 1. The number of benzene rings is 2.